The van der Waals surface area contributed by atoms with Gasteiger partial charge in [0.2, 0.25) is 0 Å². The maximum atomic E-state index is 13.3. The van der Waals surface area contributed by atoms with Gasteiger partial charge in [-0.2, -0.15) is 0 Å². The van der Waals surface area contributed by atoms with Crippen molar-refractivity contribution in [2.45, 2.75) is 33.9 Å². The number of carbonyl (C=O) groups is 1. The van der Waals surface area contributed by atoms with Crippen LogP contribution in [0.1, 0.15) is 25.1 Å². The zero-order valence-electron chi connectivity index (χ0n) is 17.5. The van der Waals surface area contributed by atoms with Gasteiger partial charge in [-0.05, 0) is 36.6 Å². The molecule has 160 valence electrons. The van der Waals surface area contributed by atoms with Gasteiger partial charge < -0.3 is 20.8 Å². The molecule has 4 N–H and O–H groups in total. The summed E-state index contributed by atoms with van der Waals surface area (Å²) in [4.78, 5) is 24.3. The second-order valence-electron chi connectivity index (χ2n) is 7.66. The number of primary amides is 1. The number of halogens is 1. The largest absolute Gasteiger partial charge is 0.484 e. The molecule has 0 atom stereocenters. The number of amides is 1. The van der Waals surface area contributed by atoms with Crippen LogP contribution in [0.25, 0.3) is 21.9 Å². The van der Waals surface area contributed by atoms with Gasteiger partial charge in [0.25, 0.3) is 11.5 Å². The maximum Gasteiger partial charge on any atom is 0.258 e. The van der Waals surface area contributed by atoms with Crippen molar-refractivity contribution in [2.24, 2.45) is 17.4 Å². The van der Waals surface area contributed by atoms with Gasteiger partial charge in [-0.3, -0.25) is 9.59 Å². The molecule has 3 aromatic rings. The first kappa shape index (κ1) is 23.4. The molecule has 0 fully saturated rings. The number of nitrogens with zero attached hydrogens (tertiary/aromatic N) is 1. The van der Waals surface area contributed by atoms with Crippen molar-refractivity contribution in [3.63, 3.8) is 0 Å². The van der Waals surface area contributed by atoms with E-state index >= 15 is 0 Å². The van der Waals surface area contributed by atoms with Crippen LogP contribution < -0.4 is 21.8 Å². The highest BCUT2D eigenvalue weighted by atomic mass is 35.5. The molecule has 0 aliphatic heterocycles. The van der Waals surface area contributed by atoms with Crippen molar-refractivity contribution in [3.05, 3.63) is 64.1 Å². The molecule has 0 unspecified atom stereocenters. The zero-order valence-corrected chi connectivity index (χ0v) is 18.3. The summed E-state index contributed by atoms with van der Waals surface area (Å²) < 4.78 is 7.26. The number of fused-ring (bicyclic) bond motifs is 1. The number of rotatable bonds is 7. The van der Waals surface area contributed by atoms with Crippen LogP contribution in [0.2, 0.25) is 0 Å². The number of hydrogen-bond acceptors (Lipinski definition) is 4. The van der Waals surface area contributed by atoms with Crippen LogP contribution in [0, 0.1) is 12.8 Å². The quantitative estimate of drug-likeness (QED) is 0.601. The van der Waals surface area contributed by atoms with E-state index in [4.69, 9.17) is 16.2 Å². The number of nitrogens with two attached hydrogens (primary N) is 2. The van der Waals surface area contributed by atoms with Crippen LogP contribution in [-0.4, -0.2) is 17.1 Å². The van der Waals surface area contributed by atoms with Crippen molar-refractivity contribution in [3.8, 4) is 16.9 Å². The molecule has 3 rings (SSSR count). The fourth-order valence-corrected chi connectivity index (χ4v) is 3.53. The third-order valence-corrected chi connectivity index (χ3v) is 4.81. The molecule has 30 heavy (non-hydrogen) atoms. The minimum absolute atomic E-state index is 0. The van der Waals surface area contributed by atoms with E-state index in [0.29, 0.717) is 23.6 Å². The Morgan fingerprint density at radius 1 is 1.10 bits per heavy atom. The van der Waals surface area contributed by atoms with E-state index in [0.717, 1.165) is 27.8 Å². The first-order valence-electron chi connectivity index (χ1n) is 9.69. The van der Waals surface area contributed by atoms with Crippen LogP contribution in [0.15, 0.2) is 47.3 Å². The summed E-state index contributed by atoms with van der Waals surface area (Å²) in [5.74, 6) is 0.215. The summed E-state index contributed by atoms with van der Waals surface area (Å²) in [6, 6.07) is 13.3. The van der Waals surface area contributed by atoms with Crippen LogP contribution in [0.4, 0.5) is 0 Å². The molecule has 0 saturated heterocycles. The lowest BCUT2D eigenvalue weighted by molar-refractivity contribution is -0.119. The van der Waals surface area contributed by atoms with E-state index in [1.54, 1.807) is 22.8 Å². The molecule has 0 saturated carbocycles. The van der Waals surface area contributed by atoms with Crippen LogP contribution in [0.5, 0.6) is 5.75 Å². The third kappa shape index (κ3) is 4.83. The van der Waals surface area contributed by atoms with E-state index < -0.39 is 5.91 Å². The summed E-state index contributed by atoms with van der Waals surface area (Å²) >= 11 is 0. The lowest BCUT2D eigenvalue weighted by Crippen LogP contribution is -2.28. The van der Waals surface area contributed by atoms with Gasteiger partial charge >= 0.3 is 0 Å². The number of ether oxygens (including phenoxy) is 1. The number of carbonyl (C=O) groups excluding carboxylic acids is 1. The van der Waals surface area contributed by atoms with Crippen LogP contribution in [0.3, 0.4) is 0 Å². The molecule has 6 nitrogen and oxygen atoms in total. The summed E-state index contributed by atoms with van der Waals surface area (Å²) in [7, 11) is 0. The van der Waals surface area contributed by atoms with E-state index in [1.807, 2.05) is 31.2 Å². The van der Waals surface area contributed by atoms with Crippen molar-refractivity contribution in [1.29, 1.82) is 0 Å². The fourth-order valence-electron chi connectivity index (χ4n) is 3.53. The Labute approximate surface area is 182 Å². The Hall–Kier alpha value is -2.83. The highest BCUT2D eigenvalue weighted by Gasteiger charge is 2.18. The summed E-state index contributed by atoms with van der Waals surface area (Å²) in [6.45, 7) is 6.76. The molecule has 2 aromatic carbocycles. The molecule has 1 aromatic heterocycles. The highest BCUT2D eigenvalue weighted by molar-refractivity contribution is 5.98. The van der Waals surface area contributed by atoms with Crippen LogP contribution in [-0.2, 0) is 17.9 Å². The Morgan fingerprint density at radius 2 is 1.77 bits per heavy atom. The summed E-state index contributed by atoms with van der Waals surface area (Å²) in [6.07, 6.45) is 0. The molecule has 0 spiro atoms. The predicted octanol–water partition coefficient (Wildman–Crippen LogP) is 3.38. The first-order chi connectivity index (χ1) is 13.8. The van der Waals surface area contributed by atoms with Gasteiger partial charge in [0.1, 0.15) is 5.75 Å². The van der Waals surface area contributed by atoms with Gasteiger partial charge in [-0.1, -0.05) is 43.7 Å². The van der Waals surface area contributed by atoms with Gasteiger partial charge in [-0.25, -0.2) is 0 Å². The SMILES string of the molecule is Cc1ccc(-c2c(CN)n(CC(C)C)c(=O)c3ccc(OCC(N)=O)cc23)cc1.Cl. The highest BCUT2D eigenvalue weighted by Crippen LogP contribution is 2.33. The minimum atomic E-state index is -0.557. The van der Waals surface area contributed by atoms with E-state index in [9.17, 15) is 9.59 Å². The minimum Gasteiger partial charge on any atom is -0.484 e. The predicted molar refractivity (Wildman–Crippen MR) is 123 cm³/mol. The molecule has 0 bridgehead atoms. The third-order valence-electron chi connectivity index (χ3n) is 4.81. The zero-order chi connectivity index (χ0) is 21.1. The second-order valence-corrected chi connectivity index (χ2v) is 7.66. The average Bonchev–Trinajstić information content (AvgIpc) is 2.68. The van der Waals surface area contributed by atoms with Gasteiger partial charge in [0.15, 0.2) is 6.61 Å². The standard InChI is InChI=1S/C23H27N3O3.ClH/c1-14(2)12-26-20(11-24)22(16-6-4-15(3)5-7-16)19-10-17(29-13-21(25)27)8-9-18(19)23(26)28;/h4-10,14H,11-13,24H2,1-3H3,(H2,25,27);1H. The summed E-state index contributed by atoms with van der Waals surface area (Å²) in [5.41, 5.74) is 15.1. The number of hydrogen-bond donors (Lipinski definition) is 2. The molecule has 0 aliphatic rings. The van der Waals surface area contributed by atoms with Gasteiger partial charge in [-0.15, -0.1) is 12.4 Å². The van der Waals surface area contributed by atoms with Crippen molar-refractivity contribution in [1.82, 2.24) is 4.57 Å². The van der Waals surface area contributed by atoms with Crippen molar-refractivity contribution >= 4 is 29.1 Å². The van der Waals surface area contributed by atoms with Crippen molar-refractivity contribution < 1.29 is 9.53 Å². The molecule has 1 heterocycles. The Balaban J connectivity index is 0.00000320. The smallest absolute Gasteiger partial charge is 0.258 e. The van der Waals surface area contributed by atoms with E-state index in [1.165, 1.54) is 0 Å². The maximum absolute atomic E-state index is 13.3. The first-order valence-corrected chi connectivity index (χ1v) is 9.69. The second kappa shape index (κ2) is 9.78. The van der Waals surface area contributed by atoms with E-state index in [2.05, 4.69) is 13.8 Å². The molecular weight excluding hydrogens is 402 g/mol. The fraction of sp³-hybridized carbons (Fsp3) is 0.304. The van der Waals surface area contributed by atoms with Crippen molar-refractivity contribution in [2.75, 3.05) is 6.61 Å². The molecule has 7 heteroatoms. The Bertz CT molecular complexity index is 1110. The lowest BCUT2D eigenvalue weighted by atomic mass is 9.95. The number of aryl methyl sites for hydroxylation is 1. The number of benzene rings is 2. The molecule has 0 aliphatic carbocycles. The molecule has 1 amide bonds. The van der Waals surface area contributed by atoms with Crippen LogP contribution >= 0.6 is 12.4 Å². The van der Waals surface area contributed by atoms with Gasteiger partial charge in [0.05, 0.1) is 0 Å². The molecule has 0 radical (unpaired) electrons. The monoisotopic (exact) mass is 429 g/mol. The Morgan fingerprint density at radius 3 is 2.33 bits per heavy atom. The topological polar surface area (TPSA) is 100 Å². The molecular formula is C23H28ClN3O3. The number of aromatic nitrogens is 1. The summed E-state index contributed by atoms with van der Waals surface area (Å²) in [5, 5.41) is 1.34. The number of pyridine rings is 1. The average molecular weight is 430 g/mol. The van der Waals surface area contributed by atoms with Gasteiger partial charge in [0, 0.05) is 35.1 Å². The lowest BCUT2D eigenvalue weighted by Gasteiger charge is -2.21. The Kier molecular flexibility index (Phi) is 7.65. The van der Waals surface area contributed by atoms with E-state index in [-0.39, 0.29) is 31.1 Å². The normalized spacial score (nSPS) is 10.8.